The van der Waals surface area contributed by atoms with Crippen LogP contribution < -0.4 is 10.6 Å². The average Bonchev–Trinajstić information content (AvgIpc) is 3.29. The number of carbonyl (C=O) groups excluding carboxylic acids is 2. The van der Waals surface area contributed by atoms with Gasteiger partial charge in [0.1, 0.15) is 4.33 Å². The van der Waals surface area contributed by atoms with Crippen LogP contribution in [-0.2, 0) is 4.79 Å². The molecule has 0 aliphatic heterocycles. The molecule has 0 radical (unpaired) electrons. The molecule has 2 amide bonds. The molecule has 4 nitrogen and oxygen atoms in total. The van der Waals surface area contributed by atoms with Crippen molar-refractivity contribution in [3.05, 3.63) is 62.6 Å². The summed E-state index contributed by atoms with van der Waals surface area (Å²) in [6, 6.07) is 8.54. The Bertz CT molecular complexity index is 1110. The fourth-order valence-electron chi connectivity index (χ4n) is 3.51. The molecule has 190 valence electrons. The number of halogens is 8. The highest BCUT2D eigenvalue weighted by atomic mass is 35.5. The maximum absolute atomic E-state index is 12.9. The fraction of sp³-hybridized carbons (Fsp3) is 0.364. The largest absolute Gasteiger partial charge is 0.397 e. The van der Waals surface area contributed by atoms with Crippen molar-refractivity contribution in [2.24, 2.45) is 5.92 Å². The van der Waals surface area contributed by atoms with Gasteiger partial charge in [-0.1, -0.05) is 34.8 Å². The van der Waals surface area contributed by atoms with E-state index in [0.29, 0.717) is 27.4 Å². The van der Waals surface area contributed by atoms with Crippen LogP contribution in [0.3, 0.4) is 0 Å². The van der Waals surface area contributed by atoms with E-state index in [1.807, 2.05) is 0 Å². The van der Waals surface area contributed by atoms with E-state index in [4.69, 9.17) is 58.0 Å². The molecular formula is C22H18Cl5F3N2O2S. The van der Waals surface area contributed by atoms with Crippen LogP contribution >= 0.6 is 69.8 Å². The first kappa shape index (κ1) is 28.5. The Balaban J connectivity index is 1.66. The van der Waals surface area contributed by atoms with Crippen LogP contribution in [0.15, 0.2) is 36.4 Å². The molecule has 1 aliphatic carbocycles. The van der Waals surface area contributed by atoms with Gasteiger partial charge in [-0.3, -0.25) is 9.59 Å². The van der Waals surface area contributed by atoms with Crippen LogP contribution in [0.5, 0.6) is 0 Å². The number of hydrogen-bond donors (Lipinski definition) is 2. The van der Waals surface area contributed by atoms with Crippen molar-refractivity contribution < 1.29 is 22.8 Å². The van der Waals surface area contributed by atoms with E-state index in [-0.39, 0.29) is 22.0 Å². The summed E-state index contributed by atoms with van der Waals surface area (Å²) in [7, 11) is 0. The Kier molecular flexibility index (Phi) is 9.09. The normalized spacial score (nSPS) is 19.7. The second kappa shape index (κ2) is 11.2. The van der Waals surface area contributed by atoms with Gasteiger partial charge in [-0.2, -0.15) is 24.9 Å². The minimum Gasteiger partial charge on any atom is -0.349 e. The van der Waals surface area contributed by atoms with Crippen LogP contribution in [-0.4, -0.2) is 39.9 Å². The summed E-state index contributed by atoms with van der Waals surface area (Å²) in [6.45, 7) is 1.58. The SMILES string of the molecule is CC(CSCC(F)(F)F)NC(=O)c1cc(NC(=O)C2C(c3cc(Cl)cc(Cl)c3)C2(Cl)Cl)ccc1Cl. The summed E-state index contributed by atoms with van der Waals surface area (Å²) >= 11 is 31.6. The van der Waals surface area contributed by atoms with Crippen LogP contribution in [0.4, 0.5) is 18.9 Å². The van der Waals surface area contributed by atoms with E-state index in [2.05, 4.69) is 10.6 Å². The Morgan fingerprint density at radius 3 is 2.31 bits per heavy atom. The van der Waals surface area contributed by atoms with Gasteiger partial charge in [0.2, 0.25) is 5.91 Å². The summed E-state index contributed by atoms with van der Waals surface area (Å²) in [6.07, 6.45) is -4.28. The van der Waals surface area contributed by atoms with Crippen molar-refractivity contribution in [1.82, 2.24) is 5.32 Å². The highest BCUT2D eigenvalue weighted by molar-refractivity contribution is 7.99. The van der Waals surface area contributed by atoms with Crippen LogP contribution in [0.1, 0.15) is 28.8 Å². The predicted octanol–water partition coefficient (Wildman–Crippen LogP) is 7.59. The summed E-state index contributed by atoms with van der Waals surface area (Å²) in [4.78, 5) is 25.5. The number of benzene rings is 2. The van der Waals surface area contributed by atoms with Gasteiger partial charge < -0.3 is 10.6 Å². The average molecular weight is 609 g/mol. The number of alkyl halides is 5. The zero-order chi connectivity index (χ0) is 26.1. The summed E-state index contributed by atoms with van der Waals surface area (Å²) in [5, 5.41) is 6.14. The molecule has 2 N–H and O–H groups in total. The van der Waals surface area contributed by atoms with E-state index in [0.717, 1.165) is 0 Å². The fourth-order valence-corrected chi connectivity index (χ4v) is 5.87. The third kappa shape index (κ3) is 7.49. The van der Waals surface area contributed by atoms with Crippen LogP contribution in [0.2, 0.25) is 15.1 Å². The summed E-state index contributed by atoms with van der Waals surface area (Å²) < 4.78 is 35.6. The highest BCUT2D eigenvalue weighted by Crippen LogP contribution is 2.65. The number of carbonyl (C=O) groups is 2. The number of hydrogen-bond acceptors (Lipinski definition) is 3. The molecule has 3 unspecified atom stereocenters. The molecular weight excluding hydrogens is 591 g/mol. The number of rotatable bonds is 8. The van der Waals surface area contributed by atoms with Gasteiger partial charge in [0.15, 0.2) is 0 Å². The smallest absolute Gasteiger partial charge is 0.349 e. The van der Waals surface area contributed by atoms with Crippen molar-refractivity contribution in [2.45, 2.75) is 29.4 Å². The minimum atomic E-state index is -4.28. The Hall–Kier alpha value is -1.03. The molecule has 1 saturated carbocycles. The van der Waals surface area contributed by atoms with E-state index in [1.54, 1.807) is 25.1 Å². The van der Waals surface area contributed by atoms with Gasteiger partial charge >= 0.3 is 6.18 Å². The lowest BCUT2D eigenvalue weighted by Gasteiger charge is -2.15. The lowest BCUT2D eigenvalue weighted by Crippen LogP contribution is -2.35. The quantitative estimate of drug-likeness (QED) is 0.304. The van der Waals surface area contributed by atoms with E-state index in [9.17, 15) is 22.8 Å². The van der Waals surface area contributed by atoms with Crippen LogP contribution in [0, 0.1) is 5.92 Å². The molecule has 3 atom stereocenters. The maximum Gasteiger partial charge on any atom is 0.397 e. The molecule has 35 heavy (non-hydrogen) atoms. The first-order valence-corrected chi connectivity index (χ1v) is 13.1. The Labute approximate surface area is 229 Å². The monoisotopic (exact) mass is 606 g/mol. The number of amides is 2. The lowest BCUT2D eigenvalue weighted by molar-refractivity contribution is -0.117. The number of thioether (sulfide) groups is 1. The van der Waals surface area contributed by atoms with Crippen molar-refractivity contribution in [1.29, 1.82) is 0 Å². The Morgan fingerprint density at radius 2 is 1.71 bits per heavy atom. The van der Waals surface area contributed by atoms with Gasteiger partial charge in [-0.25, -0.2) is 0 Å². The number of nitrogens with one attached hydrogen (secondary N) is 2. The zero-order valence-corrected chi connectivity index (χ0v) is 22.5. The second-order valence-corrected chi connectivity index (χ2v) is 11.8. The first-order valence-electron chi connectivity index (χ1n) is 10.1. The standard InChI is InChI=1S/C22H18Cl5F3N2O2S/c1-10(8-35-9-21(28,29)30)31-19(33)15-7-14(2-3-16(15)25)32-20(34)18-17(22(18,26)27)11-4-12(23)6-13(24)5-11/h2-7,10,17-18H,8-9H2,1H3,(H,31,33)(H,32,34). The third-order valence-electron chi connectivity index (χ3n) is 5.07. The molecule has 2 aromatic carbocycles. The van der Waals surface area contributed by atoms with Gasteiger partial charge in [0.25, 0.3) is 5.91 Å². The molecule has 1 aliphatic rings. The van der Waals surface area contributed by atoms with Gasteiger partial charge in [0.05, 0.1) is 22.3 Å². The van der Waals surface area contributed by atoms with Crippen molar-refractivity contribution in [3.63, 3.8) is 0 Å². The van der Waals surface area contributed by atoms with Gasteiger partial charge in [0, 0.05) is 33.4 Å². The molecule has 0 saturated heterocycles. The van der Waals surface area contributed by atoms with Crippen molar-refractivity contribution in [2.75, 3.05) is 16.8 Å². The van der Waals surface area contributed by atoms with Gasteiger partial charge in [-0.05, 0) is 48.9 Å². The lowest BCUT2D eigenvalue weighted by atomic mass is 10.1. The van der Waals surface area contributed by atoms with Crippen molar-refractivity contribution in [3.8, 4) is 0 Å². The van der Waals surface area contributed by atoms with E-state index in [1.165, 1.54) is 18.2 Å². The molecule has 0 aromatic heterocycles. The summed E-state index contributed by atoms with van der Waals surface area (Å²) in [5.41, 5.74) is 0.929. The number of anilines is 1. The van der Waals surface area contributed by atoms with Crippen LogP contribution in [0.25, 0.3) is 0 Å². The van der Waals surface area contributed by atoms with Crippen molar-refractivity contribution >= 4 is 87.3 Å². The summed E-state index contributed by atoms with van der Waals surface area (Å²) in [5.74, 6) is -3.38. The zero-order valence-electron chi connectivity index (χ0n) is 17.9. The maximum atomic E-state index is 12.9. The topological polar surface area (TPSA) is 58.2 Å². The molecule has 0 bridgehead atoms. The van der Waals surface area contributed by atoms with E-state index >= 15 is 0 Å². The predicted molar refractivity (Wildman–Crippen MR) is 138 cm³/mol. The minimum absolute atomic E-state index is 0.0501. The van der Waals surface area contributed by atoms with E-state index < -0.39 is 46.0 Å². The Morgan fingerprint density at radius 1 is 1.09 bits per heavy atom. The molecule has 1 fully saturated rings. The molecule has 3 rings (SSSR count). The molecule has 0 heterocycles. The van der Waals surface area contributed by atoms with Gasteiger partial charge in [-0.15, -0.1) is 23.2 Å². The molecule has 0 spiro atoms. The second-order valence-electron chi connectivity index (χ2n) is 8.02. The molecule has 13 heteroatoms. The molecule has 2 aromatic rings. The highest BCUT2D eigenvalue weighted by Gasteiger charge is 2.67. The first-order chi connectivity index (χ1) is 16.2. The third-order valence-corrected chi connectivity index (χ3v) is 8.04.